The molecule has 0 bridgehead atoms. The molecule has 0 aliphatic carbocycles. The number of amides is 2. The zero-order valence-corrected chi connectivity index (χ0v) is 23.1. The van der Waals surface area contributed by atoms with Crippen molar-refractivity contribution in [2.75, 3.05) is 5.32 Å². The van der Waals surface area contributed by atoms with E-state index in [1.165, 1.54) is 42.6 Å². The number of halogens is 6. The van der Waals surface area contributed by atoms with Gasteiger partial charge in [0.2, 0.25) is 0 Å². The Balaban J connectivity index is 1.56. The van der Waals surface area contributed by atoms with Gasteiger partial charge in [-0.05, 0) is 53.8 Å². The van der Waals surface area contributed by atoms with Gasteiger partial charge in [0.25, 0.3) is 11.8 Å². The number of carbonyl (C=O) groups excluding carboxylic acids is 2. The van der Waals surface area contributed by atoms with Gasteiger partial charge in [-0.1, -0.05) is 53.5 Å². The number of hydrogen-bond donors (Lipinski definition) is 2. The van der Waals surface area contributed by atoms with Gasteiger partial charge < -0.3 is 10.6 Å². The molecule has 0 saturated carbocycles. The number of carbonyl (C=O) groups is 2. The Morgan fingerprint density at radius 1 is 0.976 bits per heavy atom. The molecule has 2 aromatic heterocycles. The number of benzene rings is 3. The molecule has 0 saturated heterocycles. The summed E-state index contributed by atoms with van der Waals surface area (Å²) in [6, 6.07) is 15.8. The van der Waals surface area contributed by atoms with Gasteiger partial charge in [0.15, 0.2) is 11.5 Å². The Morgan fingerprint density at radius 3 is 2.45 bits per heavy atom. The van der Waals surface area contributed by atoms with Gasteiger partial charge in [-0.25, -0.2) is 14.1 Å². The predicted molar refractivity (Wildman–Crippen MR) is 151 cm³/mol. The van der Waals surface area contributed by atoms with E-state index in [2.05, 4.69) is 20.7 Å². The summed E-state index contributed by atoms with van der Waals surface area (Å²) in [5.41, 5.74) is -0.834. The van der Waals surface area contributed by atoms with E-state index < -0.39 is 35.2 Å². The van der Waals surface area contributed by atoms with E-state index in [0.29, 0.717) is 32.6 Å². The second-order valence-corrected chi connectivity index (χ2v) is 9.96. The number of hydrogen-bond acceptors (Lipinski definition) is 4. The zero-order chi connectivity index (χ0) is 30.2. The van der Waals surface area contributed by atoms with Crippen LogP contribution in [0.15, 0.2) is 72.9 Å². The maximum Gasteiger partial charge on any atom is 0.435 e. The van der Waals surface area contributed by atoms with E-state index >= 15 is 0 Å². The largest absolute Gasteiger partial charge is 0.435 e. The van der Waals surface area contributed by atoms with E-state index in [0.717, 1.165) is 0 Å². The van der Waals surface area contributed by atoms with Crippen molar-refractivity contribution in [3.8, 4) is 5.82 Å². The van der Waals surface area contributed by atoms with Gasteiger partial charge in [-0.3, -0.25) is 9.59 Å². The highest BCUT2D eigenvalue weighted by molar-refractivity contribution is 6.40. The van der Waals surface area contributed by atoms with Gasteiger partial charge in [0.1, 0.15) is 11.5 Å². The number of rotatable bonds is 6. The topological polar surface area (TPSA) is 88.9 Å². The Bertz CT molecular complexity index is 1860. The van der Waals surface area contributed by atoms with Crippen LogP contribution in [0.25, 0.3) is 16.6 Å². The van der Waals surface area contributed by atoms with Crippen LogP contribution in [0.3, 0.4) is 0 Å². The van der Waals surface area contributed by atoms with E-state index in [-0.39, 0.29) is 33.7 Å². The van der Waals surface area contributed by atoms with Gasteiger partial charge in [-0.2, -0.15) is 18.3 Å². The highest BCUT2D eigenvalue weighted by atomic mass is 35.5. The minimum atomic E-state index is -4.88. The molecular weight excluding hydrogens is 597 g/mol. The summed E-state index contributed by atoms with van der Waals surface area (Å²) in [5, 5.41) is 9.75. The van der Waals surface area contributed by atoms with Crippen molar-refractivity contribution in [1.82, 2.24) is 20.1 Å². The molecule has 0 radical (unpaired) electrons. The minimum Gasteiger partial charge on any atom is -0.348 e. The van der Waals surface area contributed by atoms with Crippen LogP contribution >= 0.6 is 23.2 Å². The first-order valence-corrected chi connectivity index (χ1v) is 13.0. The van der Waals surface area contributed by atoms with Crippen molar-refractivity contribution in [3.05, 3.63) is 117 Å². The molecule has 0 spiro atoms. The van der Waals surface area contributed by atoms with Crippen molar-refractivity contribution in [2.45, 2.75) is 19.6 Å². The summed E-state index contributed by atoms with van der Waals surface area (Å²) < 4.78 is 55.0. The molecular formula is C29H19Cl2F4N5O2. The third kappa shape index (κ3) is 5.79. The molecule has 13 heteroatoms. The first-order valence-electron chi connectivity index (χ1n) is 12.3. The predicted octanol–water partition coefficient (Wildman–Crippen LogP) is 7.38. The molecule has 0 fully saturated rings. The van der Waals surface area contributed by atoms with Gasteiger partial charge in [0, 0.05) is 24.2 Å². The summed E-state index contributed by atoms with van der Waals surface area (Å²) in [4.78, 5) is 30.9. The molecule has 3 aromatic carbocycles. The summed E-state index contributed by atoms with van der Waals surface area (Å²) in [7, 11) is 0. The summed E-state index contributed by atoms with van der Waals surface area (Å²) in [6.45, 7) is 1.72. The lowest BCUT2D eigenvalue weighted by Crippen LogP contribution is -2.26. The molecule has 2 amide bonds. The SMILES string of the molecule is Cc1cc(F)ccc1CNC(=O)c1cc2ccccc2c(Cl)c1NC(=O)c1cc(C(F)(F)F)nn1-c1ncccc1Cl. The monoisotopic (exact) mass is 615 g/mol. The Labute approximate surface area is 246 Å². The molecule has 0 atom stereocenters. The lowest BCUT2D eigenvalue weighted by atomic mass is 10.0. The van der Waals surface area contributed by atoms with Gasteiger partial charge in [0.05, 0.1) is 21.3 Å². The molecule has 2 N–H and O–H groups in total. The van der Waals surface area contributed by atoms with Crippen LogP contribution in [0.1, 0.15) is 37.7 Å². The molecule has 5 aromatic rings. The van der Waals surface area contributed by atoms with Crippen molar-refractivity contribution in [3.63, 3.8) is 0 Å². The maximum atomic E-state index is 13.6. The first kappa shape index (κ1) is 29.0. The van der Waals surface area contributed by atoms with Gasteiger partial charge >= 0.3 is 6.18 Å². The van der Waals surface area contributed by atoms with Crippen LogP contribution in [0.2, 0.25) is 10.0 Å². The summed E-state index contributed by atoms with van der Waals surface area (Å²) >= 11 is 12.8. The van der Waals surface area contributed by atoms with Crippen molar-refractivity contribution < 1.29 is 27.2 Å². The van der Waals surface area contributed by atoms with E-state index in [4.69, 9.17) is 23.2 Å². The lowest BCUT2D eigenvalue weighted by molar-refractivity contribution is -0.141. The summed E-state index contributed by atoms with van der Waals surface area (Å²) in [6.07, 6.45) is -3.60. The number of pyridine rings is 1. The molecule has 0 aliphatic heterocycles. The standard InChI is InChI=1S/C29H19Cl2F4N5O2/c1-15-11-18(32)9-8-17(15)14-37-27(41)20-12-16-5-2-3-6-19(16)24(31)25(20)38-28(42)22-13-23(29(33,34)35)39-40(22)26-21(30)7-4-10-36-26/h2-13H,14H2,1H3,(H,37,41)(H,38,42). The molecule has 5 rings (SSSR count). The number of nitrogens with zero attached hydrogens (tertiary/aromatic N) is 3. The van der Waals surface area contributed by atoms with Crippen molar-refractivity contribution >= 4 is 51.5 Å². The van der Waals surface area contributed by atoms with Crippen LogP contribution in [-0.4, -0.2) is 26.6 Å². The minimum absolute atomic E-state index is 0.0115. The fourth-order valence-electron chi connectivity index (χ4n) is 4.29. The molecule has 0 aliphatic rings. The number of anilines is 1. The Kier molecular flexibility index (Phi) is 7.89. The zero-order valence-electron chi connectivity index (χ0n) is 21.6. The number of fused-ring (bicyclic) bond motifs is 1. The Morgan fingerprint density at radius 2 is 1.74 bits per heavy atom. The van der Waals surface area contributed by atoms with E-state index in [1.807, 2.05) is 0 Å². The maximum absolute atomic E-state index is 13.6. The fraction of sp³-hybridized carbons (Fsp3) is 0.103. The second kappa shape index (κ2) is 11.4. The van der Waals surface area contributed by atoms with Crippen LogP contribution in [0.5, 0.6) is 0 Å². The highest BCUT2D eigenvalue weighted by Crippen LogP contribution is 2.36. The molecule has 42 heavy (non-hydrogen) atoms. The highest BCUT2D eigenvalue weighted by Gasteiger charge is 2.37. The lowest BCUT2D eigenvalue weighted by Gasteiger charge is -2.16. The number of alkyl halides is 3. The van der Waals surface area contributed by atoms with Gasteiger partial charge in [-0.15, -0.1) is 0 Å². The molecule has 2 heterocycles. The fourth-order valence-corrected chi connectivity index (χ4v) is 4.81. The quantitative estimate of drug-likeness (QED) is 0.195. The number of aryl methyl sites for hydroxylation is 1. The van der Waals surface area contributed by atoms with E-state index in [1.54, 1.807) is 31.2 Å². The van der Waals surface area contributed by atoms with Crippen LogP contribution in [0.4, 0.5) is 23.2 Å². The molecule has 0 unspecified atom stereocenters. The van der Waals surface area contributed by atoms with Crippen molar-refractivity contribution in [1.29, 1.82) is 0 Å². The Hall–Kier alpha value is -4.48. The summed E-state index contributed by atoms with van der Waals surface area (Å²) in [5.74, 6) is -2.33. The first-order chi connectivity index (χ1) is 19.9. The average molecular weight is 616 g/mol. The third-order valence-electron chi connectivity index (χ3n) is 6.39. The van der Waals surface area contributed by atoms with Crippen LogP contribution in [0, 0.1) is 12.7 Å². The smallest absolute Gasteiger partial charge is 0.348 e. The number of nitrogens with one attached hydrogen (secondary N) is 2. The third-order valence-corrected chi connectivity index (χ3v) is 7.07. The normalized spacial score (nSPS) is 11.5. The van der Waals surface area contributed by atoms with E-state index in [9.17, 15) is 27.2 Å². The molecule has 214 valence electrons. The molecule has 7 nitrogen and oxygen atoms in total. The van der Waals surface area contributed by atoms with Crippen LogP contribution < -0.4 is 10.6 Å². The second-order valence-electron chi connectivity index (χ2n) is 9.18. The van der Waals surface area contributed by atoms with Crippen molar-refractivity contribution in [2.24, 2.45) is 0 Å². The number of aromatic nitrogens is 3. The van der Waals surface area contributed by atoms with Crippen LogP contribution in [-0.2, 0) is 12.7 Å². The average Bonchev–Trinajstić information content (AvgIpc) is 3.40.